The van der Waals surface area contributed by atoms with Crippen LogP contribution in [0.15, 0.2) is 24.3 Å². The summed E-state index contributed by atoms with van der Waals surface area (Å²) < 4.78 is 27.9. The molecule has 0 spiro atoms. The van der Waals surface area contributed by atoms with Gasteiger partial charge >= 0.3 is 6.61 Å². The van der Waals surface area contributed by atoms with Gasteiger partial charge in [0.05, 0.1) is 6.07 Å². The standard InChI is InChI=1S/C11H10F2N2O2/c1-7(6-14)15-10(16)8-2-4-9(5-3-8)17-11(12)13/h2-5,7,11H,1H3,(H,15,16). The number of hydrogen-bond donors (Lipinski definition) is 1. The molecule has 0 radical (unpaired) electrons. The lowest BCUT2D eigenvalue weighted by Crippen LogP contribution is -2.31. The number of nitriles is 1. The van der Waals surface area contributed by atoms with Gasteiger partial charge in [-0.05, 0) is 31.2 Å². The summed E-state index contributed by atoms with van der Waals surface area (Å²) in [5.74, 6) is -0.465. The van der Waals surface area contributed by atoms with Crippen molar-refractivity contribution in [1.82, 2.24) is 5.32 Å². The predicted octanol–water partition coefficient (Wildman–Crippen LogP) is 1.93. The SMILES string of the molecule is CC(C#N)NC(=O)c1ccc(OC(F)F)cc1. The van der Waals surface area contributed by atoms with E-state index < -0.39 is 18.6 Å². The van der Waals surface area contributed by atoms with Crippen molar-refractivity contribution in [2.45, 2.75) is 19.6 Å². The molecule has 6 heteroatoms. The summed E-state index contributed by atoms with van der Waals surface area (Å²) in [7, 11) is 0. The minimum Gasteiger partial charge on any atom is -0.435 e. The number of nitrogens with zero attached hydrogens (tertiary/aromatic N) is 1. The lowest BCUT2D eigenvalue weighted by atomic mass is 10.2. The van der Waals surface area contributed by atoms with Gasteiger partial charge in [-0.2, -0.15) is 14.0 Å². The van der Waals surface area contributed by atoms with Gasteiger partial charge in [0.2, 0.25) is 0 Å². The van der Waals surface area contributed by atoms with Crippen molar-refractivity contribution >= 4 is 5.91 Å². The van der Waals surface area contributed by atoms with Gasteiger partial charge in [0.25, 0.3) is 5.91 Å². The zero-order valence-electron chi connectivity index (χ0n) is 8.98. The quantitative estimate of drug-likeness (QED) is 0.874. The van der Waals surface area contributed by atoms with E-state index in [4.69, 9.17) is 5.26 Å². The van der Waals surface area contributed by atoms with E-state index >= 15 is 0 Å². The molecule has 0 aliphatic carbocycles. The van der Waals surface area contributed by atoms with E-state index in [0.717, 1.165) is 0 Å². The Hall–Kier alpha value is -2.16. The number of amides is 1. The minimum atomic E-state index is -2.90. The molecule has 0 aliphatic heterocycles. The largest absolute Gasteiger partial charge is 0.435 e. The van der Waals surface area contributed by atoms with Gasteiger partial charge < -0.3 is 10.1 Å². The molecule has 0 saturated carbocycles. The van der Waals surface area contributed by atoms with Crippen molar-refractivity contribution in [3.05, 3.63) is 29.8 Å². The average Bonchev–Trinajstić information content (AvgIpc) is 2.28. The van der Waals surface area contributed by atoms with E-state index in [9.17, 15) is 13.6 Å². The second-order valence-corrected chi connectivity index (χ2v) is 3.23. The molecule has 1 unspecified atom stereocenters. The fraction of sp³-hybridized carbons (Fsp3) is 0.273. The first-order valence-corrected chi connectivity index (χ1v) is 4.78. The first-order valence-electron chi connectivity index (χ1n) is 4.78. The molecule has 1 amide bonds. The van der Waals surface area contributed by atoms with Crippen LogP contribution in [0.4, 0.5) is 8.78 Å². The summed E-state index contributed by atoms with van der Waals surface area (Å²) in [6.07, 6.45) is 0. The molecule has 1 aromatic rings. The van der Waals surface area contributed by atoms with Gasteiger partial charge in [0, 0.05) is 5.56 Å². The van der Waals surface area contributed by atoms with E-state index in [1.165, 1.54) is 31.2 Å². The van der Waals surface area contributed by atoms with E-state index in [1.54, 1.807) is 0 Å². The highest BCUT2D eigenvalue weighted by Gasteiger charge is 2.09. The molecule has 17 heavy (non-hydrogen) atoms. The lowest BCUT2D eigenvalue weighted by molar-refractivity contribution is -0.0498. The van der Waals surface area contributed by atoms with Crippen LogP contribution >= 0.6 is 0 Å². The Labute approximate surface area is 96.8 Å². The van der Waals surface area contributed by atoms with E-state index in [1.807, 2.05) is 6.07 Å². The third kappa shape index (κ3) is 4.07. The second-order valence-electron chi connectivity index (χ2n) is 3.23. The van der Waals surface area contributed by atoms with Crippen LogP contribution in [0, 0.1) is 11.3 Å². The second kappa shape index (κ2) is 5.80. The smallest absolute Gasteiger partial charge is 0.387 e. The zero-order chi connectivity index (χ0) is 12.8. The Morgan fingerprint density at radius 3 is 2.47 bits per heavy atom. The number of carbonyl (C=O) groups is 1. The van der Waals surface area contributed by atoms with Crippen LogP contribution in [-0.4, -0.2) is 18.6 Å². The summed E-state index contributed by atoms with van der Waals surface area (Å²) in [5, 5.41) is 10.9. The third-order valence-corrected chi connectivity index (χ3v) is 1.88. The molecule has 0 heterocycles. The number of carbonyl (C=O) groups excluding carboxylic acids is 1. The van der Waals surface area contributed by atoms with Crippen molar-refractivity contribution < 1.29 is 18.3 Å². The normalized spacial score (nSPS) is 11.7. The van der Waals surface area contributed by atoms with E-state index in [0.29, 0.717) is 0 Å². The van der Waals surface area contributed by atoms with Crippen LogP contribution < -0.4 is 10.1 Å². The monoisotopic (exact) mass is 240 g/mol. The summed E-state index contributed by atoms with van der Waals surface area (Å²) in [5.41, 5.74) is 0.272. The van der Waals surface area contributed by atoms with Crippen molar-refractivity contribution in [1.29, 1.82) is 5.26 Å². The molecule has 90 valence electrons. The molecule has 1 rings (SSSR count). The topological polar surface area (TPSA) is 62.1 Å². The maximum absolute atomic E-state index is 11.9. The highest BCUT2D eigenvalue weighted by molar-refractivity contribution is 5.94. The molecular formula is C11H10F2N2O2. The van der Waals surface area contributed by atoms with Crippen molar-refractivity contribution in [2.24, 2.45) is 0 Å². The number of ether oxygens (including phenoxy) is 1. The summed E-state index contributed by atoms with van der Waals surface area (Å²) in [6, 6.07) is 6.45. The molecule has 1 aromatic carbocycles. The minimum absolute atomic E-state index is 0.0233. The summed E-state index contributed by atoms with van der Waals surface area (Å²) in [6.45, 7) is -1.36. The summed E-state index contributed by atoms with van der Waals surface area (Å²) >= 11 is 0. The van der Waals surface area contributed by atoms with Crippen LogP contribution in [-0.2, 0) is 0 Å². The highest BCUT2D eigenvalue weighted by Crippen LogP contribution is 2.14. The Morgan fingerprint density at radius 1 is 1.41 bits per heavy atom. The molecule has 1 N–H and O–H groups in total. The van der Waals surface area contributed by atoms with Gasteiger partial charge in [-0.25, -0.2) is 0 Å². The van der Waals surface area contributed by atoms with Crippen molar-refractivity contribution in [3.8, 4) is 11.8 Å². The lowest BCUT2D eigenvalue weighted by Gasteiger charge is -2.07. The Balaban J connectivity index is 2.68. The number of rotatable bonds is 4. The highest BCUT2D eigenvalue weighted by atomic mass is 19.3. The fourth-order valence-corrected chi connectivity index (χ4v) is 1.10. The first kappa shape index (κ1) is 12.9. The number of halogens is 2. The molecule has 0 aliphatic rings. The van der Waals surface area contributed by atoms with Gasteiger partial charge in [0.15, 0.2) is 0 Å². The van der Waals surface area contributed by atoms with Gasteiger partial charge in [-0.1, -0.05) is 0 Å². The van der Waals surface area contributed by atoms with Gasteiger partial charge in [0.1, 0.15) is 11.8 Å². The van der Waals surface area contributed by atoms with Gasteiger partial charge in [-0.3, -0.25) is 4.79 Å². The Morgan fingerprint density at radius 2 is 2.00 bits per heavy atom. The Kier molecular flexibility index (Phi) is 4.40. The predicted molar refractivity (Wildman–Crippen MR) is 55.6 cm³/mol. The molecule has 0 aromatic heterocycles. The maximum atomic E-state index is 11.9. The van der Waals surface area contributed by atoms with E-state index in [-0.39, 0.29) is 11.3 Å². The van der Waals surface area contributed by atoms with Crippen LogP contribution in [0.25, 0.3) is 0 Å². The molecule has 0 bridgehead atoms. The maximum Gasteiger partial charge on any atom is 0.387 e. The molecule has 4 nitrogen and oxygen atoms in total. The average molecular weight is 240 g/mol. The molecule has 0 fully saturated rings. The fourth-order valence-electron chi connectivity index (χ4n) is 1.10. The van der Waals surface area contributed by atoms with Crippen molar-refractivity contribution in [2.75, 3.05) is 0 Å². The molecule has 1 atom stereocenters. The number of hydrogen-bond acceptors (Lipinski definition) is 3. The summed E-state index contributed by atoms with van der Waals surface area (Å²) in [4.78, 5) is 11.5. The molecule has 0 saturated heterocycles. The van der Waals surface area contributed by atoms with Crippen LogP contribution in [0.1, 0.15) is 17.3 Å². The van der Waals surface area contributed by atoms with Gasteiger partial charge in [-0.15, -0.1) is 0 Å². The van der Waals surface area contributed by atoms with Crippen LogP contribution in [0.3, 0.4) is 0 Å². The zero-order valence-corrected chi connectivity index (χ0v) is 8.98. The first-order chi connectivity index (χ1) is 8.02. The third-order valence-electron chi connectivity index (χ3n) is 1.88. The number of benzene rings is 1. The number of nitrogens with one attached hydrogen (secondary N) is 1. The Bertz CT molecular complexity index is 426. The molecular weight excluding hydrogens is 230 g/mol. The number of alkyl halides is 2. The van der Waals surface area contributed by atoms with E-state index in [2.05, 4.69) is 10.1 Å². The van der Waals surface area contributed by atoms with Crippen LogP contribution in [0.2, 0.25) is 0 Å². The van der Waals surface area contributed by atoms with Crippen molar-refractivity contribution in [3.63, 3.8) is 0 Å². The van der Waals surface area contributed by atoms with Crippen LogP contribution in [0.5, 0.6) is 5.75 Å².